The van der Waals surface area contributed by atoms with Gasteiger partial charge in [0, 0.05) is 6.42 Å². The normalized spacial score (nSPS) is 22.2. The summed E-state index contributed by atoms with van der Waals surface area (Å²) in [5.41, 5.74) is -0.597. The van der Waals surface area contributed by atoms with Crippen molar-refractivity contribution < 1.29 is 14.1 Å². The second-order valence-electron chi connectivity index (χ2n) is 7.30. The van der Waals surface area contributed by atoms with Gasteiger partial charge in [-0.3, -0.25) is 0 Å². The molecule has 1 rings (SSSR count). The molecule has 0 atom stereocenters. The van der Waals surface area contributed by atoms with Crippen molar-refractivity contribution in [1.29, 1.82) is 0 Å². The molecule has 1 fully saturated rings. The molecule has 0 spiro atoms. The van der Waals surface area contributed by atoms with E-state index in [1.54, 1.807) is 6.92 Å². The van der Waals surface area contributed by atoms with Gasteiger partial charge in [-0.05, 0) is 46.5 Å². The first-order valence-corrected chi connectivity index (χ1v) is 6.97. The minimum absolute atomic E-state index is 0.00796. The molecule has 0 amide bonds. The van der Waals surface area contributed by atoms with Gasteiger partial charge in [-0.25, -0.2) is 0 Å². The van der Waals surface area contributed by atoms with Crippen molar-refractivity contribution in [1.82, 2.24) is 0 Å². The quantitative estimate of drug-likeness (QED) is 0.713. The molecule has 0 N–H and O–H groups in total. The predicted molar refractivity (Wildman–Crippen MR) is 78.9 cm³/mol. The first-order valence-electron chi connectivity index (χ1n) is 6.97. The third-order valence-corrected chi connectivity index (χ3v) is 3.96. The Bertz CT molecular complexity index is 354. The molecule has 0 aromatic rings. The lowest BCUT2D eigenvalue weighted by Crippen LogP contribution is -2.41. The fraction of sp³-hybridized carbons (Fsp3) is 0.800. The standard InChI is InChI=1S/C15H27BO3/c1-12(17)11-13(2,3)9-8-10-16-18-14(4,5)15(6,7)19-16/h8,10H,9,11H2,1-7H3/b10-8-. The molecule has 1 saturated heterocycles. The van der Waals surface area contributed by atoms with Gasteiger partial charge in [0.05, 0.1) is 11.2 Å². The Morgan fingerprint density at radius 3 is 2.05 bits per heavy atom. The molecule has 0 aromatic heterocycles. The SMILES string of the molecule is CC(=O)CC(C)(C)C/C=C\B1OC(C)(C)C(C)(C)O1. The average Bonchev–Trinajstić information content (AvgIpc) is 2.31. The van der Waals surface area contributed by atoms with Crippen molar-refractivity contribution in [2.45, 2.75) is 72.5 Å². The maximum atomic E-state index is 11.2. The van der Waals surface area contributed by atoms with Crippen LogP contribution in [0.15, 0.2) is 12.1 Å². The van der Waals surface area contributed by atoms with Gasteiger partial charge in [-0.15, -0.1) is 0 Å². The van der Waals surface area contributed by atoms with E-state index < -0.39 is 0 Å². The monoisotopic (exact) mass is 266 g/mol. The van der Waals surface area contributed by atoms with Crippen LogP contribution in [0.5, 0.6) is 0 Å². The lowest BCUT2D eigenvalue weighted by Gasteiger charge is -2.32. The number of hydrogen-bond acceptors (Lipinski definition) is 3. The summed E-state index contributed by atoms with van der Waals surface area (Å²) in [7, 11) is -0.293. The smallest absolute Gasteiger partial charge is 0.400 e. The number of ketones is 1. The minimum atomic E-state index is -0.295. The molecule has 0 radical (unpaired) electrons. The fourth-order valence-electron chi connectivity index (χ4n) is 2.21. The van der Waals surface area contributed by atoms with Crippen molar-refractivity contribution >= 4 is 12.9 Å². The highest BCUT2D eigenvalue weighted by Gasteiger charge is 2.49. The van der Waals surface area contributed by atoms with Crippen LogP contribution in [0.2, 0.25) is 0 Å². The summed E-state index contributed by atoms with van der Waals surface area (Å²) >= 11 is 0. The average molecular weight is 266 g/mol. The molecule has 0 aromatic carbocycles. The van der Waals surface area contributed by atoms with Gasteiger partial charge in [-0.1, -0.05) is 25.9 Å². The second-order valence-corrected chi connectivity index (χ2v) is 7.30. The minimum Gasteiger partial charge on any atom is -0.400 e. The van der Waals surface area contributed by atoms with Crippen LogP contribution in [0.1, 0.15) is 61.3 Å². The number of Topliss-reactive ketones (excluding diaryl/α,β-unsaturated/α-hetero) is 1. The van der Waals surface area contributed by atoms with Crippen LogP contribution in [0.4, 0.5) is 0 Å². The topological polar surface area (TPSA) is 35.5 Å². The molecule has 3 nitrogen and oxygen atoms in total. The van der Waals surface area contributed by atoms with Crippen LogP contribution in [-0.2, 0) is 14.1 Å². The molecule has 1 aliphatic rings. The molecule has 0 unspecified atom stereocenters. The third kappa shape index (κ3) is 4.46. The van der Waals surface area contributed by atoms with Crippen LogP contribution in [0, 0.1) is 5.41 Å². The number of carbonyl (C=O) groups excluding carboxylic acids is 1. The van der Waals surface area contributed by atoms with E-state index >= 15 is 0 Å². The summed E-state index contributed by atoms with van der Waals surface area (Å²) in [4.78, 5) is 11.2. The van der Waals surface area contributed by atoms with Crippen molar-refractivity contribution in [3.8, 4) is 0 Å². The van der Waals surface area contributed by atoms with E-state index in [9.17, 15) is 4.79 Å². The Labute approximate surface area is 117 Å². The first-order chi connectivity index (χ1) is 8.45. The van der Waals surface area contributed by atoms with E-state index in [0.717, 1.165) is 6.42 Å². The van der Waals surface area contributed by atoms with Crippen molar-refractivity contribution in [3.63, 3.8) is 0 Å². The van der Waals surface area contributed by atoms with Crippen LogP contribution in [0.25, 0.3) is 0 Å². The molecular formula is C15H27BO3. The molecular weight excluding hydrogens is 239 g/mol. The van der Waals surface area contributed by atoms with E-state index in [1.807, 2.05) is 33.7 Å². The molecule has 108 valence electrons. The van der Waals surface area contributed by atoms with Crippen molar-refractivity contribution in [3.05, 3.63) is 12.1 Å². The Morgan fingerprint density at radius 1 is 1.16 bits per heavy atom. The molecule has 4 heteroatoms. The number of hydrogen-bond donors (Lipinski definition) is 0. The summed E-state index contributed by atoms with van der Waals surface area (Å²) in [6.07, 6.45) is 3.50. The van der Waals surface area contributed by atoms with E-state index in [1.165, 1.54) is 0 Å². The summed E-state index contributed by atoms with van der Waals surface area (Å²) in [5.74, 6) is 2.19. The van der Waals surface area contributed by atoms with Gasteiger partial charge in [0.2, 0.25) is 0 Å². The maximum Gasteiger partial charge on any atom is 0.486 e. The summed E-state index contributed by atoms with van der Waals surface area (Å²) < 4.78 is 11.8. The lowest BCUT2D eigenvalue weighted by atomic mass is 9.81. The summed E-state index contributed by atoms with van der Waals surface area (Å²) in [6, 6.07) is 0. The largest absolute Gasteiger partial charge is 0.486 e. The summed E-state index contributed by atoms with van der Waals surface area (Å²) in [6.45, 7) is 14.0. The summed E-state index contributed by atoms with van der Waals surface area (Å²) in [5, 5.41) is 0. The second kappa shape index (κ2) is 5.41. The maximum absolute atomic E-state index is 11.2. The van der Waals surface area contributed by atoms with Gasteiger partial charge in [-0.2, -0.15) is 0 Å². The molecule has 19 heavy (non-hydrogen) atoms. The van der Waals surface area contributed by atoms with Crippen molar-refractivity contribution in [2.24, 2.45) is 5.41 Å². The lowest BCUT2D eigenvalue weighted by molar-refractivity contribution is -0.118. The van der Waals surface area contributed by atoms with Gasteiger partial charge in [0.25, 0.3) is 0 Å². The van der Waals surface area contributed by atoms with Crippen LogP contribution in [0.3, 0.4) is 0 Å². The van der Waals surface area contributed by atoms with Crippen LogP contribution in [-0.4, -0.2) is 24.1 Å². The van der Waals surface area contributed by atoms with Crippen LogP contribution < -0.4 is 0 Å². The number of allylic oxidation sites excluding steroid dienone is 1. The highest BCUT2D eigenvalue weighted by Crippen LogP contribution is 2.37. The van der Waals surface area contributed by atoms with Crippen LogP contribution >= 0.6 is 0 Å². The Balaban J connectivity index is 2.54. The molecule has 0 saturated carbocycles. The molecule has 0 aliphatic carbocycles. The Kier molecular flexibility index (Phi) is 4.68. The number of carbonyl (C=O) groups is 1. The predicted octanol–water partition coefficient (Wildman–Crippen LogP) is 3.57. The van der Waals surface area contributed by atoms with Gasteiger partial charge in [0.15, 0.2) is 0 Å². The molecule has 1 heterocycles. The van der Waals surface area contributed by atoms with E-state index in [-0.39, 0.29) is 29.5 Å². The van der Waals surface area contributed by atoms with E-state index in [4.69, 9.17) is 9.31 Å². The van der Waals surface area contributed by atoms with Gasteiger partial charge >= 0.3 is 7.12 Å². The van der Waals surface area contributed by atoms with Crippen molar-refractivity contribution in [2.75, 3.05) is 0 Å². The highest BCUT2D eigenvalue weighted by molar-refractivity contribution is 6.51. The first kappa shape index (κ1) is 16.4. The Hall–Kier alpha value is -0.605. The van der Waals surface area contributed by atoms with Gasteiger partial charge in [0.1, 0.15) is 5.78 Å². The van der Waals surface area contributed by atoms with Gasteiger partial charge < -0.3 is 14.1 Å². The fourth-order valence-corrected chi connectivity index (χ4v) is 2.21. The zero-order valence-electron chi connectivity index (χ0n) is 13.4. The van der Waals surface area contributed by atoms with E-state index in [2.05, 4.69) is 19.9 Å². The van der Waals surface area contributed by atoms with E-state index in [0.29, 0.717) is 6.42 Å². The zero-order valence-corrected chi connectivity index (χ0v) is 13.4. The zero-order chi connectivity index (χ0) is 14.9. The molecule has 1 aliphatic heterocycles. The Morgan fingerprint density at radius 2 is 1.63 bits per heavy atom. The highest BCUT2D eigenvalue weighted by atomic mass is 16.7. The number of rotatable bonds is 5. The molecule has 0 bridgehead atoms. The third-order valence-electron chi connectivity index (χ3n) is 3.96.